The molecule has 0 aliphatic heterocycles. The van der Waals surface area contributed by atoms with Gasteiger partial charge in [0.2, 0.25) is 7.37 Å². The van der Waals surface area contributed by atoms with E-state index in [1.54, 1.807) is 0 Å². The van der Waals surface area contributed by atoms with E-state index in [1.807, 2.05) is 31.2 Å². The second-order valence-electron chi connectivity index (χ2n) is 7.27. The highest BCUT2D eigenvalue weighted by molar-refractivity contribution is 7.98. The number of benzene rings is 2. The number of amides is 1. The number of hydrogen-bond donors (Lipinski definition) is 2. The molecule has 0 saturated heterocycles. The van der Waals surface area contributed by atoms with Gasteiger partial charge in [-0.2, -0.15) is 0 Å². The fraction of sp³-hybridized carbons (Fsp3) is 0.190. The molecular weight excluding hydrogens is 451 g/mol. The summed E-state index contributed by atoms with van der Waals surface area (Å²) < 4.78 is 41.7. The lowest BCUT2D eigenvalue weighted by Gasteiger charge is -2.12. The molecule has 2 aromatic carbocycles. The number of aromatic nitrogens is 2. The summed E-state index contributed by atoms with van der Waals surface area (Å²) in [5, 5.41) is 2.63. The second kappa shape index (κ2) is 9.20. The van der Waals surface area contributed by atoms with Gasteiger partial charge >= 0.3 is 0 Å². The predicted molar refractivity (Wildman–Crippen MR) is 124 cm³/mol. The van der Waals surface area contributed by atoms with Crippen LogP contribution in [-0.2, 0) is 18.9 Å². The molecule has 0 bridgehead atoms. The minimum Gasteiger partial charge on any atom is -0.382 e. The molecule has 1 amide bonds. The summed E-state index contributed by atoms with van der Waals surface area (Å²) in [6.07, 6.45) is 1.49. The van der Waals surface area contributed by atoms with Crippen LogP contribution in [0.1, 0.15) is 16.1 Å². The minimum atomic E-state index is -3.82. The smallest absolute Gasteiger partial charge is 0.278 e. The van der Waals surface area contributed by atoms with E-state index in [9.17, 15) is 17.8 Å². The fourth-order valence-electron chi connectivity index (χ4n) is 2.80. The molecule has 0 fully saturated rings. The lowest BCUT2D eigenvalue weighted by atomic mass is 10.1. The van der Waals surface area contributed by atoms with E-state index >= 15 is 0 Å². The molecule has 0 unspecified atom stereocenters. The maximum atomic E-state index is 12.7. The summed E-state index contributed by atoms with van der Waals surface area (Å²) in [4.78, 5) is 21.1. The number of nitrogens with two attached hydrogens (primary N) is 1. The van der Waals surface area contributed by atoms with Crippen molar-refractivity contribution in [3.05, 3.63) is 66.0 Å². The van der Waals surface area contributed by atoms with E-state index in [4.69, 9.17) is 10.3 Å². The molecule has 3 aromatic rings. The fourth-order valence-corrected chi connectivity index (χ4v) is 6.84. The van der Waals surface area contributed by atoms with Gasteiger partial charge in [0.15, 0.2) is 21.3 Å². The van der Waals surface area contributed by atoms with Gasteiger partial charge in [-0.15, -0.1) is 0 Å². The largest absolute Gasteiger partial charge is 0.382 e. The topological polar surface area (TPSA) is 141 Å². The number of sulfone groups is 1. The average molecular weight is 474 g/mol. The van der Waals surface area contributed by atoms with Crippen LogP contribution in [0.3, 0.4) is 0 Å². The van der Waals surface area contributed by atoms with E-state index in [0.717, 1.165) is 11.1 Å². The first kappa shape index (κ1) is 23.6. The third-order valence-electron chi connectivity index (χ3n) is 4.63. The lowest BCUT2D eigenvalue weighted by molar-refractivity contribution is 0.102. The van der Waals surface area contributed by atoms with Crippen LogP contribution < -0.4 is 11.1 Å². The molecule has 0 spiro atoms. The maximum absolute atomic E-state index is 12.7. The van der Waals surface area contributed by atoms with Gasteiger partial charge in [-0.3, -0.25) is 9.36 Å². The van der Waals surface area contributed by atoms with Crippen LogP contribution >= 0.6 is 7.37 Å². The number of carbonyl (C=O) groups is 1. The molecule has 32 heavy (non-hydrogen) atoms. The zero-order valence-electron chi connectivity index (χ0n) is 17.8. The number of nitrogens with one attached hydrogen (secondary N) is 1. The summed E-state index contributed by atoms with van der Waals surface area (Å²) in [7, 11) is -5.87. The van der Waals surface area contributed by atoms with Crippen molar-refractivity contribution in [1.29, 1.82) is 0 Å². The Bertz CT molecular complexity index is 1290. The Hall–Kier alpha value is -3.07. The third kappa shape index (κ3) is 5.59. The second-order valence-corrected chi connectivity index (χ2v) is 12.4. The molecule has 168 valence electrons. The van der Waals surface area contributed by atoms with Gasteiger partial charge in [0, 0.05) is 25.0 Å². The molecule has 9 nitrogen and oxygen atoms in total. The van der Waals surface area contributed by atoms with Gasteiger partial charge < -0.3 is 15.6 Å². The van der Waals surface area contributed by atoms with Crippen LogP contribution in [0, 0.1) is 6.92 Å². The van der Waals surface area contributed by atoms with Crippen LogP contribution in [0.4, 0.5) is 11.5 Å². The maximum Gasteiger partial charge on any atom is 0.278 e. The van der Waals surface area contributed by atoms with E-state index in [1.165, 1.54) is 44.2 Å². The summed E-state index contributed by atoms with van der Waals surface area (Å²) in [5.41, 5.74) is 7.89. The van der Waals surface area contributed by atoms with Crippen LogP contribution in [0.25, 0.3) is 11.3 Å². The standard InChI is InChI=1S/C21H23N4O5PS/c1-14-4-6-15(7-5-14)18-12-23-20(22)19(25-18)21(26)24-16-8-10-17(11-9-16)32(28,29)13-31(3,27)30-2/h4-12H,13H2,1-3H3,(H2,22,23)(H,24,26)/t31-/m1/s1. The highest BCUT2D eigenvalue weighted by Gasteiger charge is 2.26. The molecule has 1 aromatic heterocycles. The molecule has 1 atom stereocenters. The molecule has 0 radical (unpaired) electrons. The van der Waals surface area contributed by atoms with Crippen LogP contribution in [0.2, 0.25) is 0 Å². The average Bonchev–Trinajstić information content (AvgIpc) is 2.74. The van der Waals surface area contributed by atoms with Gasteiger partial charge in [-0.25, -0.2) is 18.4 Å². The Kier molecular flexibility index (Phi) is 6.78. The van der Waals surface area contributed by atoms with E-state index in [2.05, 4.69) is 15.3 Å². The zero-order chi connectivity index (χ0) is 23.5. The normalized spacial score (nSPS) is 13.3. The summed E-state index contributed by atoms with van der Waals surface area (Å²) in [5.74, 6) is -0.618. The lowest BCUT2D eigenvalue weighted by Crippen LogP contribution is -2.17. The molecule has 0 saturated carbocycles. The van der Waals surface area contributed by atoms with E-state index < -0.39 is 28.6 Å². The monoisotopic (exact) mass is 474 g/mol. The molecule has 0 aliphatic rings. The van der Waals surface area contributed by atoms with Crippen molar-refractivity contribution in [3.63, 3.8) is 0 Å². The number of anilines is 2. The molecule has 11 heteroatoms. The van der Waals surface area contributed by atoms with Crippen molar-refractivity contribution in [2.45, 2.75) is 11.8 Å². The van der Waals surface area contributed by atoms with E-state index in [-0.39, 0.29) is 16.4 Å². The number of rotatable bonds is 7. The van der Waals surface area contributed by atoms with Crippen LogP contribution in [0.5, 0.6) is 0 Å². The molecular formula is C21H23N4O5PS. The van der Waals surface area contributed by atoms with Crippen molar-refractivity contribution >= 4 is 34.6 Å². The van der Waals surface area contributed by atoms with Crippen molar-refractivity contribution < 1.29 is 22.3 Å². The SMILES string of the molecule is CO[P@@](C)(=O)CS(=O)(=O)c1ccc(NC(=O)c2nc(-c3ccc(C)cc3)cnc2N)cc1. The first-order valence-corrected chi connectivity index (χ1v) is 13.4. The van der Waals surface area contributed by atoms with Crippen LogP contribution in [-0.4, -0.2) is 43.6 Å². The van der Waals surface area contributed by atoms with Crippen molar-refractivity contribution in [2.24, 2.45) is 0 Å². The number of hydrogen-bond acceptors (Lipinski definition) is 8. The van der Waals surface area contributed by atoms with Crippen LogP contribution in [0.15, 0.2) is 59.6 Å². The predicted octanol–water partition coefficient (Wildman–Crippen LogP) is 3.57. The minimum absolute atomic E-state index is 0.0316. The molecule has 3 rings (SSSR count). The Labute approximate surface area is 186 Å². The first-order chi connectivity index (χ1) is 15.0. The summed E-state index contributed by atoms with van der Waals surface area (Å²) in [6, 6.07) is 13.1. The third-order valence-corrected chi connectivity index (χ3v) is 9.62. The van der Waals surface area contributed by atoms with Crippen molar-refractivity contribution in [2.75, 3.05) is 30.3 Å². The Morgan fingerprint density at radius 2 is 1.75 bits per heavy atom. The number of nitrogen functional groups attached to an aromatic ring is 1. The molecule has 3 N–H and O–H groups in total. The number of nitrogens with zero attached hydrogens (tertiary/aromatic N) is 2. The molecule has 0 aliphatic carbocycles. The number of aryl methyl sites for hydroxylation is 1. The summed E-state index contributed by atoms with van der Waals surface area (Å²) in [6.45, 7) is 3.22. The van der Waals surface area contributed by atoms with E-state index in [0.29, 0.717) is 11.4 Å². The van der Waals surface area contributed by atoms with Gasteiger partial charge in [0.25, 0.3) is 5.91 Å². The first-order valence-electron chi connectivity index (χ1n) is 9.47. The highest BCUT2D eigenvalue weighted by Crippen LogP contribution is 2.44. The zero-order valence-corrected chi connectivity index (χ0v) is 19.5. The highest BCUT2D eigenvalue weighted by atomic mass is 32.2. The Morgan fingerprint density at radius 1 is 1.12 bits per heavy atom. The Balaban J connectivity index is 1.80. The van der Waals surface area contributed by atoms with Crippen molar-refractivity contribution in [1.82, 2.24) is 9.97 Å². The van der Waals surface area contributed by atoms with Gasteiger partial charge in [0.05, 0.1) is 16.8 Å². The van der Waals surface area contributed by atoms with Crippen molar-refractivity contribution in [3.8, 4) is 11.3 Å². The van der Waals surface area contributed by atoms with Gasteiger partial charge in [-0.05, 0) is 31.2 Å². The molecule has 1 heterocycles. The van der Waals surface area contributed by atoms with Gasteiger partial charge in [0.1, 0.15) is 5.49 Å². The Morgan fingerprint density at radius 3 is 2.34 bits per heavy atom. The summed E-state index contributed by atoms with van der Waals surface area (Å²) >= 11 is 0. The quantitative estimate of drug-likeness (QED) is 0.495. The van der Waals surface area contributed by atoms with Gasteiger partial charge in [-0.1, -0.05) is 29.8 Å². The number of carbonyl (C=O) groups excluding carboxylic acids is 1.